The second-order valence-corrected chi connectivity index (χ2v) is 13.0. The van der Waals surface area contributed by atoms with Crippen LogP contribution in [0.1, 0.15) is 0 Å². The Labute approximate surface area is 294 Å². The summed E-state index contributed by atoms with van der Waals surface area (Å²) in [7, 11) is -1.59. The Morgan fingerprint density at radius 3 is 1.14 bits per heavy atom. The van der Waals surface area contributed by atoms with E-state index in [1.54, 1.807) is 0 Å². The van der Waals surface area contributed by atoms with Gasteiger partial charge in [-0.05, 0) is 79.6 Å². The van der Waals surface area contributed by atoms with Crippen molar-refractivity contribution in [3.63, 3.8) is 0 Å². The molecule has 0 saturated heterocycles. The molecule has 0 heterocycles. The number of carbonyl (C=O) groups excluding carboxylic acids is 4. The Bertz CT molecular complexity index is 1170. The normalized spacial score (nSPS) is 12.6. The van der Waals surface area contributed by atoms with Crippen LogP contribution < -0.4 is 4.52 Å². The van der Waals surface area contributed by atoms with E-state index in [-0.39, 0.29) is 32.2 Å². The maximum Gasteiger partial charge on any atom is 0.530 e. The molecule has 0 N–H and O–H groups in total. The minimum Gasteiger partial charge on any atom is -0.460 e. The highest BCUT2D eigenvalue weighted by atomic mass is 79.9. The van der Waals surface area contributed by atoms with Crippen molar-refractivity contribution < 1.29 is 65.7 Å². The lowest BCUT2D eigenvalue weighted by molar-refractivity contribution is -0.141. The fourth-order valence-corrected chi connectivity index (χ4v) is 6.97. The number of phosphoric ester groups is 1. The summed E-state index contributed by atoms with van der Waals surface area (Å²) in [4.78, 5) is 46.8. The molecule has 0 aromatic heterocycles. The molecule has 0 saturated carbocycles. The molecular weight excluding hydrogens is 943 g/mol. The van der Waals surface area contributed by atoms with Crippen LogP contribution in [0.25, 0.3) is 0 Å². The van der Waals surface area contributed by atoms with Crippen molar-refractivity contribution in [3.8, 4) is 5.75 Å². The van der Waals surface area contributed by atoms with Gasteiger partial charge < -0.3 is 32.9 Å². The van der Waals surface area contributed by atoms with E-state index in [1.165, 1.54) is 14.2 Å². The lowest BCUT2D eigenvalue weighted by Gasteiger charge is -2.21. The summed E-state index contributed by atoms with van der Waals surface area (Å²) in [6.45, 7) is -1.33. The molecule has 14 nitrogen and oxygen atoms in total. The predicted molar refractivity (Wildman–Crippen MR) is 171 cm³/mol. The Balaban J connectivity index is 2.83. The number of halogens is 5. The monoisotopic (exact) mass is 964 g/mol. The number of benzene rings is 1. The Morgan fingerprint density at radius 2 is 0.818 bits per heavy atom. The Kier molecular flexibility index (Phi) is 20.8. The van der Waals surface area contributed by atoms with Gasteiger partial charge in [0, 0.05) is 43.0 Å². The third kappa shape index (κ3) is 15.9. The molecule has 0 bridgehead atoms. The van der Waals surface area contributed by atoms with Crippen LogP contribution in [0.5, 0.6) is 5.75 Å². The summed E-state index contributed by atoms with van der Waals surface area (Å²) in [5.74, 6) is -3.34. The minimum atomic E-state index is -4.47. The molecule has 0 aliphatic carbocycles. The van der Waals surface area contributed by atoms with Crippen molar-refractivity contribution in [2.24, 2.45) is 0 Å². The zero-order chi connectivity index (χ0) is 33.1. The highest BCUT2D eigenvalue weighted by Gasteiger charge is 2.33. The highest BCUT2D eigenvalue weighted by molar-refractivity contribution is 9.15. The zero-order valence-electron chi connectivity index (χ0n) is 23.0. The van der Waals surface area contributed by atoms with Gasteiger partial charge in [0.15, 0.2) is 5.75 Å². The smallest absolute Gasteiger partial charge is 0.460 e. The van der Waals surface area contributed by atoms with Crippen molar-refractivity contribution in [1.82, 2.24) is 0 Å². The molecule has 0 amide bonds. The van der Waals surface area contributed by atoms with Crippen molar-refractivity contribution in [2.45, 2.75) is 0 Å². The SMILES string of the molecule is COCCOC(=O)/C=C\C(=O)OCCOP(=O)(OCCOC(=O)/C=C/C(=O)OCCOC)Oc1c(Br)c(Br)c(Br)c(Br)c1Br. The van der Waals surface area contributed by atoms with Crippen LogP contribution >= 0.6 is 87.5 Å². The number of carbonyl (C=O) groups is 4. The maximum absolute atomic E-state index is 13.6. The first-order valence-corrected chi connectivity index (χ1v) is 17.4. The van der Waals surface area contributed by atoms with Gasteiger partial charge in [0.2, 0.25) is 0 Å². The molecule has 1 rings (SSSR count). The van der Waals surface area contributed by atoms with Gasteiger partial charge in [-0.25, -0.2) is 23.7 Å². The van der Waals surface area contributed by atoms with Crippen LogP contribution in [-0.2, 0) is 61.2 Å². The number of phosphoric acid groups is 1. The second-order valence-electron chi connectivity index (χ2n) is 7.43. The van der Waals surface area contributed by atoms with Gasteiger partial charge in [-0.3, -0.25) is 9.05 Å². The summed E-state index contributed by atoms with van der Waals surface area (Å²) in [5, 5.41) is 0. The molecule has 0 radical (unpaired) electrons. The van der Waals surface area contributed by atoms with Crippen LogP contribution in [0.2, 0.25) is 0 Å². The van der Waals surface area contributed by atoms with Crippen LogP contribution in [-0.4, -0.2) is 91.0 Å². The number of ether oxygens (including phenoxy) is 6. The lowest BCUT2D eigenvalue weighted by atomic mass is 10.3. The summed E-state index contributed by atoms with van der Waals surface area (Å²) in [6.07, 6.45) is 3.42. The quantitative estimate of drug-likeness (QED) is 0.0301. The molecule has 246 valence electrons. The second kappa shape index (κ2) is 22.4. The van der Waals surface area contributed by atoms with E-state index in [0.717, 1.165) is 24.3 Å². The Hall–Kier alpha value is -1.15. The number of methoxy groups -OCH3 is 2. The van der Waals surface area contributed by atoms with Crippen LogP contribution in [0.15, 0.2) is 46.7 Å². The van der Waals surface area contributed by atoms with Gasteiger partial charge in [0.05, 0.1) is 44.3 Å². The molecule has 1 aromatic carbocycles. The number of rotatable bonds is 20. The average Bonchev–Trinajstić information content (AvgIpc) is 3.00. The van der Waals surface area contributed by atoms with Crippen molar-refractivity contribution in [2.75, 3.05) is 67.1 Å². The number of hydrogen-bond donors (Lipinski definition) is 0. The summed E-state index contributed by atoms with van der Waals surface area (Å²) < 4.78 is 61.0. The molecule has 1 atom stereocenters. The molecule has 0 fully saturated rings. The Morgan fingerprint density at radius 1 is 0.523 bits per heavy atom. The van der Waals surface area contributed by atoms with Crippen molar-refractivity contribution in [3.05, 3.63) is 46.7 Å². The van der Waals surface area contributed by atoms with Crippen LogP contribution in [0.3, 0.4) is 0 Å². The molecule has 20 heteroatoms. The molecule has 0 spiro atoms. The lowest BCUT2D eigenvalue weighted by Crippen LogP contribution is -2.14. The van der Waals surface area contributed by atoms with E-state index in [0.29, 0.717) is 22.4 Å². The van der Waals surface area contributed by atoms with Gasteiger partial charge in [0.1, 0.15) is 26.4 Å². The molecule has 0 aliphatic heterocycles. The molecule has 1 aromatic rings. The molecule has 44 heavy (non-hydrogen) atoms. The average molecular weight is 969 g/mol. The number of esters is 4. The van der Waals surface area contributed by atoms with Gasteiger partial charge >= 0.3 is 31.7 Å². The zero-order valence-corrected chi connectivity index (χ0v) is 31.8. The van der Waals surface area contributed by atoms with E-state index < -0.39 is 58.1 Å². The van der Waals surface area contributed by atoms with Crippen molar-refractivity contribution >= 4 is 111 Å². The first-order valence-electron chi connectivity index (χ1n) is 12.0. The fraction of sp³-hybridized carbons (Fsp3) is 0.417. The third-order valence-electron chi connectivity index (χ3n) is 4.30. The topological polar surface area (TPSA) is 168 Å². The van der Waals surface area contributed by atoms with E-state index in [1.807, 2.05) is 0 Å². The number of hydrogen-bond acceptors (Lipinski definition) is 14. The van der Waals surface area contributed by atoms with E-state index in [4.69, 9.17) is 42.0 Å². The van der Waals surface area contributed by atoms with Crippen molar-refractivity contribution in [1.29, 1.82) is 0 Å². The summed E-state index contributed by atoms with van der Waals surface area (Å²) in [5.41, 5.74) is 0. The molecule has 1 unspecified atom stereocenters. The summed E-state index contributed by atoms with van der Waals surface area (Å²) >= 11 is 16.8. The predicted octanol–water partition coefficient (Wildman–Crippen LogP) is 5.60. The standard InChI is InChI=1S/C24H26Br5O14P/c1-35-7-9-37-15(30)3-5-17(32)39-11-13-41-44(34,43-24-22(28)20(26)19(25)21(27)23(24)29)42-14-12-40-18(33)6-4-16(31)38-10-8-36-2/h3-6H,7-14H2,1-2H3/b5-3-,6-4+. The molecular formula is C24H26Br5O14P. The first-order chi connectivity index (χ1) is 20.8. The first kappa shape index (κ1) is 40.9. The van der Waals surface area contributed by atoms with Gasteiger partial charge in [0.25, 0.3) is 0 Å². The van der Waals surface area contributed by atoms with Crippen LogP contribution in [0.4, 0.5) is 0 Å². The summed E-state index contributed by atoms with van der Waals surface area (Å²) in [6, 6.07) is 0. The fourth-order valence-electron chi connectivity index (χ4n) is 2.37. The van der Waals surface area contributed by atoms with Crippen LogP contribution in [0, 0.1) is 0 Å². The van der Waals surface area contributed by atoms with E-state index >= 15 is 0 Å². The van der Waals surface area contributed by atoms with Gasteiger partial charge in [-0.2, -0.15) is 0 Å². The largest absolute Gasteiger partial charge is 0.530 e. The third-order valence-corrected chi connectivity index (χ3v) is 11.7. The maximum atomic E-state index is 13.6. The van der Waals surface area contributed by atoms with Gasteiger partial charge in [-0.15, -0.1) is 0 Å². The highest BCUT2D eigenvalue weighted by Crippen LogP contribution is 2.56. The van der Waals surface area contributed by atoms with Gasteiger partial charge in [-0.1, -0.05) is 0 Å². The van der Waals surface area contributed by atoms with E-state index in [2.05, 4.69) is 79.6 Å². The van der Waals surface area contributed by atoms with E-state index in [9.17, 15) is 23.7 Å². The minimum absolute atomic E-state index is 0.00844. The molecule has 0 aliphatic rings.